The van der Waals surface area contributed by atoms with Crippen molar-refractivity contribution < 1.29 is 0 Å². The molecule has 6 unspecified atom stereocenters. The van der Waals surface area contributed by atoms with Crippen LogP contribution >= 0.6 is 133 Å². The van der Waals surface area contributed by atoms with Crippen LogP contribution in [0, 0.1) is 0 Å². The second-order valence-electron chi connectivity index (χ2n) is 8.14. The molecule has 0 saturated carbocycles. The fourth-order valence-electron chi connectivity index (χ4n) is 2.37. The van der Waals surface area contributed by atoms with Gasteiger partial charge in [-0.15, -0.1) is 23.5 Å². The summed E-state index contributed by atoms with van der Waals surface area (Å²) in [5.74, 6) is 11.9. The van der Waals surface area contributed by atoms with Gasteiger partial charge in [0.1, 0.15) is 0 Å². The lowest BCUT2D eigenvalue weighted by atomic mass is 10.5. The minimum absolute atomic E-state index is 0.449. The lowest BCUT2D eigenvalue weighted by Crippen LogP contribution is -2.20. The molecule has 0 rings (SSSR count). The minimum Gasteiger partial charge on any atom is -0.175 e. The fraction of sp³-hybridized carbons (Fsp3) is 1.00. The number of thioether (sulfide) groups is 7. The molecule has 0 aliphatic rings. The molecule has 33 heavy (non-hydrogen) atoms. The topological polar surface area (TPSA) is 0 Å². The van der Waals surface area contributed by atoms with Gasteiger partial charge in [-0.1, -0.05) is 34.6 Å². The first kappa shape index (κ1) is 36.8. The second-order valence-corrected chi connectivity index (χ2v) is 20.6. The lowest BCUT2D eigenvalue weighted by Gasteiger charge is -2.24. The molecule has 6 atom stereocenters. The summed E-state index contributed by atoms with van der Waals surface area (Å²) in [7, 11) is 0. The molecule has 0 aliphatic heterocycles. The van der Waals surface area contributed by atoms with E-state index in [-0.39, 0.29) is 0 Å². The normalized spacial score (nSPS) is 18.5. The summed E-state index contributed by atoms with van der Waals surface area (Å²) in [5, 5.41) is 3.27. The molecule has 0 radical (unpaired) electrons. The first-order valence-corrected chi connectivity index (χ1v) is 21.3. The number of hydrogen-bond acceptors (Lipinski definition) is 11. The summed E-state index contributed by atoms with van der Waals surface area (Å²) in [6, 6.07) is 0. The van der Waals surface area contributed by atoms with Crippen molar-refractivity contribution in [2.75, 3.05) is 57.5 Å². The highest BCUT2D eigenvalue weighted by Crippen LogP contribution is 2.34. The van der Waals surface area contributed by atoms with Crippen molar-refractivity contribution in [3.8, 4) is 0 Å². The van der Waals surface area contributed by atoms with Crippen molar-refractivity contribution >= 4 is 133 Å². The first-order chi connectivity index (χ1) is 15.6. The Hall–Kier alpha value is 3.85. The SMILES string of the molecule is CCSCC(CSCC(C)S)SCC(CSCC(C)S)SCC(SCC(C)S)SCC(C)S. The molecule has 0 bridgehead atoms. The Bertz CT molecular complexity index is 409. The van der Waals surface area contributed by atoms with Gasteiger partial charge in [0.25, 0.3) is 0 Å². The molecule has 0 N–H and O–H groups in total. The largest absolute Gasteiger partial charge is 0.175 e. The predicted molar refractivity (Wildman–Crippen MR) is 193 cm³/mol. The van der Waals surface area contributed by atoms with Gasteiger partial charge in [-0.3, -0.25) is 0 Å². The summed E-state index contributed by atoms with van der Waals surface area (Å²) in [4.78, 5) is 0. The molecular weight excluding hydrogens is 617 g/mol. The minimum atomic E-state index is 0.449. The van der Waals surface area contributed by atoms with E-state index in [9.17, 15) is 0 Å². The van der Waals surface area contributed by atoms with Crippen molar-refractivity contribution in [3.05, 3.63) is 0 Å². The van der Waals surface area contributed by atoms with Crippen LogP contribution in [0.4, 0.5) is 0 Å². The predicted octanol–water partition coefficient (Wildman–Crippen LogP) is 8.48. The van der Waals surface area contributed by atoms with Gasteiger partial charge >= 0.3 is 0 Å². The maximum atomic E-state index is 4.61. The monoisotopic (exact) mass is 662 g/mol. The van der Waals surface area contributed by atoms with Crippen LogP contribution in [-0.4, -0.2) is 93.6 Å². The van der Waals surface area contributed by atoms with Crippen LogP contribution in [0.3, 0.4) is 0 Å². The molecule has 0 fully saturated rings. The highest BCUT2D eigenvalue weighted by molar-refractivity contribution is 8.18. The average molecular weight is 663 g/mol. The van der Waals surface area contributed by atoms with Gasteiger partial charge in [0.2, 0.25) is 0 Å². The molecule has 0 aromatic carbocycles. The Kier molecular flexibility index (Phi) is 27.8. The molecule has 0 nitrogen and oxygen atoms in total. The van der Waals surface area contributed by atoms with E-state index in [1.807, 2.05) is 0 Å². The van der Waals surface area contributed by atoms with E-state index in [1.54, 1.807) is 0 Å². The zero-order valence-electron chi connectivity index (χ0n) is 20.8. The molecule has 0 aromatic heterocycles. The highest BCUT2D eigenvalue weighted by atomic mass is 32.2. The van der Waals surface area contributed by atoms with E-state index in [0.717, 1.165) is 28.3 Å². The van der Waals surface area contributed by atoms with Gasteiger partial charge in [0, 0.05) is 83.3 Å². The standard InChI is InChI=1S/C22H46S11/c1-6-27-11-20(12-28-7-16(2)23)30-14-21(13-29-8-17(3)24)31-15-22(32-9-18(4)25)33-10-19(5)26/h16-26H,6-15H2,1-5H3. The molecule has 0 saturated heterocycles. The lowest BCUT2D eigenvalue weighted by molar-refractivity contribution is 1.08. The summed E-state index contributed by atoms with van der Waals surface area (Å²) in [6.45, 7) is 11.1. The molecule has 11 heteroatoms. The van der Waals surface area contributed by atoms with Crippen molar-refractivity contribution in [2.45, 2.75) is 70.7 Å². The maximum absolute atomic E-state index is 4.61. The van der Waals surface area contributed by atoms with E-state index >= 15 is 0 Å². The maximum Gasteiger partial charge on any atom is 0.0593 e. The van der Waals surface area contributed by atoms with Gasteiger partial charge in [-0.05, 0) is 5.75 Å². The van der Waals surface area contributed by atoms with E-state index in [4.69, 9.17) is 0 Å². The third kappa shape index (κ3) is 25.9. The van der Waals surface area contributed by atoms with E-state index in [1.165, 1.54) is 34.5 Å². The van der Waals surface area contributed by atoms with Crippen LogP contribution in [0.25, 0.3) is 0 Å². The third-order valence-electron chi connectivity index (χ3n) is 3.87. The Morgan fingerprint density at radius 2 is 0.848 bits per heavy atom. The Morgan fingerprint density at radius 3 is 1.27 bits per heavy atom. The van der Waals surface area contributed by atoms with Gasteiger partial charge in [0.05, 0.1) is 4.58 Å². The third-order valence-corrected chi connectivity index (χ3v) is 16.7. The van der Waals surface area contributed by atoms with Crippen molar-refractivity contribution in [2.24, 2.45) is 0 Å². The van der Waals surface area contributed by atoms with Gasteiger partial charge in [-0.25, -0.2) is 0 Å². The van der Waals surface area contributed by atoms with Crippen LogP contribution in [0.5, 0.6) is 0 Å². The second kappa shape index (κ2) is 24.9. The number of thiol groups is 4. The van der Waals surface area contributed by atoms with Crippen molar-refractivity contribution in [3.63, 3.8) is 0 Å². The highest BCUT2D eigenvalue weighted by Gasteiger charge is 2.19. The van der Waals surface area contributed by atoms with E-state index < -0.39 is 0 Å². The van der Waals surface area contributed by atoms with Crippen molar-refractivity contribution in [1.82, 2.24) is 0 Å². The van der Waals surface area contributed by atoms with Crippen LogP contribution in [-0.2, 0) is 0 Å². The van der Waals surface area contributed by atoms with Gasteiger partial charge in [0.15, 0.2) is 0 Å². The van der Waals surface area contributed by atoms with Crippen LogP contribution in [0.1, 0.15) is 34.6 Å². The van der Waals surface area contributed by atoms with Crippen molar-refractivity contribution in [1.29, 1.82) is 0 Å². The zero-order valence-corrected chi connectivity index (χ0v) is 30.1. The Labute approximate surface area is 258 Å². The van der Waals surface area contributed by atoms with E-state index in [2.05, 4.69) is 167 Å². The molecule has 0 spiro atoms. The van der Waals surface area contributed by atoms with Gasteiger partial charge < -0.3 is 0 Å². The first-order valence-electron chi connectivity index (χ1n) is 11.6. The Balaban J connectivity index is 4.86. The summed E-state index contributed by atoms with van der Waals surface area (Å²) in [6.07, 6.45) is 0. The zero-order chi connectivity index (χ0) is 25.1. The fourth-order valence-corrected chi connectivity index (χ4v) is 12.9. The van der Waals surface area contributed by atoms with E-state index in [0.29, 0.717) is 30.8 Å². The smallest absolute Gasteiger partial charge is 0.0593 e. The van der Waals surface area contributed by atoms with Crippen LogP contribution in [0.15, 0.2) is 0 Å². The molecule has 0 aromatic rings. The van der Waals surface area contributed by atoms with Crippen LogP contribution in [0.2, 0.25) is 0 Å². The molecule has 0 amide bonds. The summed E-state index contributed by atoms with van der Waals surface area (Å²) < 4.78 is 0.624. The van der Waals surface area contributed by atoms with Crippen LogP contribution < -0.4 is 0 Å². The molecule has 0 aliphatic carbocycles. The number of hydrogen-bond donors (Lipinski definition) is 4. The van der Waals surface area contributed by atoms with Gasteiger partial charge in [-0.2, -0.15) is 109 Å². The summed E-state index contributed by atoms with van der Waals surface area (Å²) in [5.41, 5.74) is 0. The summed E-state index contributed by atoms with van der Waals surface area (Å²) >= 11 is 33.2. The molecule has 200 valence electrons. The Morgan fingerprint density at radius 1 is 0.455 bits per heavy atom. The molecule has 0 heterocycles. The number of rotatable bonds is 23. The quantitative estimate of drug-likeness (QED) is 0.0632. The average Bonchev–Trinajstić information content (AvgIpc) is 2.72. The molecular formula is C22H46S11.